The van der Waals surface area contributed by atoms with Crippen LogP contribution in [0.4, 0.5) is 17.1 Å². The van der Waals surface area contributed by atoms with Gasteiger partial charge in [-0.2, -0.15) is 0 Å². The minimum absolute atomic E-state index is 0.101. The zero-order chi connectivity index (χ0) is 38.8. The summed E-state index contributed by atoms with van der Waals surface area (Å²) in [7, 11) is 0. The monoisotopic (exact) mass is 829 g/mol. The van der Waals surface area contributed by atoms with Crippen molar-refractivity contribution in [1.82, 2.24) is 0 Å². The summed E-state index contributed by atoms with van der Waals surface area (Å²) >= 11 is 7.65. The molecular weight excluding hydrogens is 802 g/mol. The molecule has 9 aromatic carbocycles. The average molecular weight is 830 g/mol. The number of thiophene rings is 4. The van der Waals surface area contributed by atoms with Crippen LogP contribution in [0, 0.1) is 0 Å². The number of rotatable bonds is 2. The Bertz CT molecular complexity index is 4050. The van der Waals surface area contributed by atoms with Crippen molar-refractivity contribution in [2.75, 3.05) is 4.90 Å². The van der Waals surface area contributed by atoms with Gasteiger partial charge in [0.2, 0.25) is 6.71 Å². The lowest BCUT2D eigenvalue weighted by Crippen LogP contribution is -2.54. The summed E-state index contributed by atoms with van der Waals surface area (Å²) < 4.78 is 10.7. The van der Waals surface area contributed by atoms with Crippen LogP contribution in [0.2, 0.25) is 0 Å². The van der Waals surface area contributed by atoms with Gasteiger partial charge in [0.25, 0.3) is 0 Å². The van der Waals surface area contributed by atoms with E-state index in [-0.39, 0.29) is 6.71 Å². The molecule has 1 nitrogen and oxygen atoms in total. The Morgan fingerprint density at radius 2 is 0.883 bits per heavy atom. The Kier molecular flexibility index (Phi) is 6.36. The SMILES string of the molecule is c1ccc2c(c1)sc1cc(N3c4cc5sc6ccccc6c5cc4B4c5cc6c(cc5-c5cc(-c7cccc8c7sc7ccccc78)cc3c54)sc3ccccc36)ccc12. The Balaban J connectivity index is 1.08. The van der Waals surface area contributed by atoms with E-state index in [2.05, 4.69) is 175 Å². The van der Waals surface area contributed by atoms with Crippen molar-refractivity contribution >= 4 is 166 Å². The van der Waals surface area contributed by atoms with Crippen LogP contribution >= 0.6 is 45.3 Å². The number of fused-ring (bicyclic) bond motifs is 17. The van der Waals surface area contributed by atoms with Crippen molar-refractivity contribution in [3.8, 4) is 22.3 Å². The van der Waals surface area contributed by atoms with Gasteiger partial charge in [0.15, 0.2) is 0 Å². The summed E-state index contributed by atoms with van der Waals surface area (Å²) in [6, 6.07) is 64.9. The molecule has 0 bridgehead atoms. The van der Waals surface area contributed by atoms with Crippen LogP contribution in [0.1, 0.15) is 0 Å². The third-order valence-electron chi connectivity index (χ3n) is 13.3. The summed E-state index contributed by atoms with van der Waals surface area (Å²) in [5.41, 5.74) is 13.3. The molecule has 4 aromatic heterocycles. The summed E-state index contributed by atoms with van der Waals surface area (Å²) in [6.45, 7) is 0.101. The van der Waals surface area contributed by atoms with Gasteiger partial charge in [0.05, 0.1) is 0 Å². The fraction of sp³-hybridized carbons (Fsp3) is 0. The smallest absolute Gasteiger partial charge is 0.248 e. The predicted octanol–water partition coefficient (Wildman–Crippen LogP) is 15.1. The normalized spacial score (nSPS) is 13.3. The standard InChI is InChI=1S/C54H28BNS4/c1-5-16-46-32(10-1)36-21-20-30(24-50(36)57-46)56-44-28-52-40(35-13-4-7-18-48(35)59-52)26-43(44)55-42-25-39-34-12-3-6-17-47(34)58-51(39)27-38(42)41-22-29(23-45(56)53(41)55)31-14-9-15-37-33-11-2-8-19-49(33)60-54(31)37/h1-28H. The lowest BCUT2D eigenvalue weighted by atomic mass is 9.37. The van der Waals surface area contributed by atoms with E-state index < -0.39 is 0 Å². The van der Waals surface area contributed by atoms with Gasteiger partial charge in [-0.3, -0.25) is 0 Å². The molecule has 0 unspecified atom stereocenters. The second-order valence-corrected chi connectivity index (χ2v) is 20.6. The first-order valence-corrected chi connectivity index (χ1v) is 23.7. The molecular formula is C54H28BNS4. The van der Waals surface area contributed by atoms with Gasteiger partial charge in [0.1, 0.15) is 0 Å². The molecule has 0 spiro atoms. The van der Waals surface area contributed by atoms with Crippen LogP contribution in [0.25, 0.3) is 103 Å². The first-order chi connectivity index (χ1) is 29.7. The fourth-order valence-corrected chi connectivity index (χ4v) is 15.3. The maximum absolute atomic E-state index is 2.62. The van der Waals surface area contributed by atoms with E-state index in [0.717, 1.165) is 0 Å². The van der Waals surface area contributed by atoms with E-state index >= 15 is 0 Å². The van der Waals surface area contributed by atoms with Gasteiger partial charge in [-0.15, -0.1) is 45.3 Å². The fourth-order valence-electron chi connectivity index (χ4n) is 10.7. The molecule has 0 amide bonds. The van der Waals surface area contributed by atoms with Gasteiger partial charge in [0, 0.05) is 87.0 Å². The highest BCUT2D eigenvalue weighted by atomic mass is 32.1. The lowest BCUT2D eigenvalue weighted by Gasteiger charge is -2.36. The third-order valence-corrected chi connectivity index (χ3v) is 17.9. The van der Waals surface area contributed by atoms with Crippen LogP contribution in [-0.4, -0.2) is 6.71 Å². The van der Waals surface area contributed by atoms with E-state index in [0.29, 0.717) is 0 Å². The number of nitrogens with zero attached hydrogens (tertiary/aromatic N) is 1. The van der Waals surface area contributed by atoms with E-state index in [1.54, 1.807) is 0 Å². The first kappa shape index (κ1) is 32.6. The molecule has 6 heterocycles. The summed E-state index contributed by atoms with van der Waals surface area (Å²) in [5.74, 6) is 0. The van der Waals surface area contributed by atoms with Crippen LogP contribution in [0.5, 0.6) is 0 Å². The average Bonchev–Trinajstić information content (AvgIpc) is 4.10. The van der Waals surface area contributed by atoms with Crippen molar-refractivity contribution in [3.63, 3.8) is 0 Å². The zero-order valence-corrected chi connectivity index (χ0v) is 35.1. The topological polar surface area (TPSA) is 3.24 Å². The van der Waals surface area contributed by atoms with E-state index in [4.69, 9.17) is 0 Å². The largest absolute Gasteiger partial charge is 0.311 e. The van der Waals surface area contributed by atoms with Crippen molar-refractivity contribution in [3.05, 3.63) is 170 Å². The van der Waals surface area contributed by atoms with E-state index in [9.17, 15) is 0 Å². The molecule has 0 aliphatic carbocycles. The Morgan fingerprint density at radius 3 is 1.58 bits per heavy atom. The maximum Gasteiger partial charge on any atom is 0.248 e. The van der Waals surface area contributed by atoms with Crippen molar-refractivity contribution in [1.29, 1.82) is 0 Å². The Labute approximate surface area is 360 Å². The highest BCUT2D eigenvalue weighted by Gasteiger charge is 2.44. The second kappa shape index (κ2) is 11.7. The molecule has 276 valence electrons. The molecule has 6 heteroatoms. The molecule has 0 atom stereocenters. The van der Waals surface area contributed by atoms with Crippen molar-refractivity contribution in [2.24, 2.45) is 0 Å². The first-order valence-electron chi connectivity index (χ1n) is 20.4. The Hall–Kier alpha value is -6.28. The van der Waals surface area contributed by atoms with Crippen LogP contribution < -0.4 is 21.3 Å². The molecule has 13 aromatic rings. The molecule has 60 heavy (non-hydrogen) atoms. The molecule has 0 N–H and O–H groups in total. The third kappa shape index (κ3) is 4.26. The van der Waals surface area contributed by atoms with Gasteiger partial charge in [-0.1, -0.05) is 115 Å². The van der Waals surface area contributed by atoms with Gasteiger partial charge >= 0.3 is 0 Å². The van der Waals surface area contributed by atoms with Gasteiger partial charge in [-0.05, 0) is 105 Å². The molecule has 0 fully saturated rings. The number of hydrogen-bond donors (Lipinski definition) is 0. The molecule has 0 radical (unpaired) electrons. The molecule has 0 saturated heterocycles. The van der Waals surface area contributed by atoms with Gasteiger partial charge < -0.3 is 4.90 Å². The molecule has 2 aliphatic heterocycles. The molecule has 15 rings (SSSR count). The number of hydrogen-bond acceptors (Lipinski definition) is 5. The van der Waals surface area contributed by atoms with Crippen LogP contribution in [0.15, 0.2) is 170 Å². The summed E-state index contributed by atoms with van der Waals surface area (Å²) in [6.07, 6.45) is 0. The van der Waals surface area contributed by atoms with E-state index in [1.165, 1.54) is 136 Å². The summed E-state index contributed by atoms with van der Waals surface area (Å²) in [4.78, 5) is 2.62. The molecule has 0 saturated carbocycles. The highest BCUT2D eigenvalue weighted by molar-refractivity contribution is 7.27. The minimum atomic E-state index is 0.101. The zero-order valence-electron chi connectivity index (χ0n) is 31.8. The minimum Gasteiger partial charge on any atom is -0.311 e. The lowest BCUT2D eigenvalue weighted by molar-refractivity contribution is 1.31. The quantitative estimate of drug-likeness (QED) is 0.157. The van der Waals surface area contributed by atoms with Crippen LogP contribution in [0.3, 0.4) is 0 Å². The Morgan fingerprint density at radius 1 is 0.333 bits per heavy atom. The number of anilines is 3. The molecule has 2 aliphatic rings. The summed E-state index contributed by atoms with van der Waals surface area (Å²) in [5, 5.41) is 10.7. The van der Waals surface area contributed by atoms with E-state index in [1.807, 2.05) is 45.3 Å². The predicted molar refractivity (Wildman–Crippen MR) is 268 cm³/mol. The maximum atomic E-state index is 2.62. The van der Waals surface area contributed by atoms with Crippen LogP contribution in [-0.2, 0) is 0 Å². The second-order valence-electron chi connectivity index (χ2n) is 16.3. The number of benzene rings is 9. The van der Waals surface area contributed by atoms with Crippen molar-refractivity contribution < 1.29 is 0 Å². The van der Waals surface area contributed by atoms with Gasteiger partial charge in [-0.25, -0.2) is 0 Å². The van der Waals surface area contributed by atoms with Crippen molar-refractivity contribution in [2.45, 2.75) is 0 Å². The highest BCUT2D eigenvalue weighted by Crippen LogP contribution is 2.49.